The molecule has 0 aromatic carbocycles. The maximum Gasteiger partial charge on any atom is 0.153 e. The van der Waals surface area contributed by atoms with Crippen LogP contribution < -0.4 is 5.32 Å². The maximum absolute atomic E-state index is 12.2. The number of rotatable bonds is 7. The number of Topliss-reactive ketones (excluding diaryl/α,β-unsaturated/α-hetero) is 1. The Labute approximate surface area is 104 Å². The van der Waals surface area contributed by atoms with Crippen LogP contribution in [-0.2, 0) is 14.6 Å². The lowest BCUT2D eigenvalue weighted by Gasteiger charge is -2.27. The predicted molar refractivity (Wildman–Crippen MR) is 68.8 cm³/mol. The Morgan fingerprint density at radius 2 is 2.06 bits per heavy atom. The van der Waals surface area contributed by atoms with Crippen LogP contribution in [0.1, 0.15) is 46.0 Å². The monoisotopic (exact) mass is 261 g/mol. The van der Waals surface area contributed by atoms with E-state index < -0.39 is 15.4 Å². The third kappa shape index (κ3) is 3.78. The molecule has 0 amide bonds. The summed E-state index contributed by atoms with van der Waals surface area (Å²) >= 11 is 0. The highest BCUT2D eigenvalue weighted by Gasteiger charge is 2.39. The van der Waals surface area contributed by atoms with Gasteiger partial charge in [0.15, 0.2) is 5.78 Å². The van der Waals surface area contributed by atoms with Crippen molar-refractivity contribution < 1.29 is 13.2 Å². The van der Waals surface area contributed by atoms with Gasteiger partial charge in [0, 0.05) is 12.2 Å². The van der Waals surface area contributed by atoms with Crippen LogP contribution in [0, 0.1) is 0 Å². The standard InChI is InChI=1S/C12H23NO3S/c1-3-7-12(8-5-9-13-12)11(14)6-10-17(15,16)4-2/h13H,3-10H2,1-2H3. The molecule has 0 aromatic rings. The largest absolute Gasteiger partial charge is 0.305 e. The third-order valence-corrected chi connectivity index (χ3v) is 5.24. The van der Waals surface area contributed by atoms with Crippen LogP contribution >= 0.6 is 0 Å². The quantitative estimate of drug-likeness (QED) is 0.750. The fourth-order valence-electron chi connectivity index (χ4n) is 2.46. The molecule has 4 nitrogen and oxygen atoms in total. The molecule has 1 fully saturated rings. The lowest BCUT2D eigenvalue weighted by Crippen LogP contribution is -2.48. The normalized spacial score (nSPS) is 25.1. The molecule has 1 aliphatic heterocycles. The highest BCUT2D eigenvalue weighted by atomic mass is 32.2. The first-order valence-corrected chi connectivity index (χ1v) is 8.26. The summed E-state index contributed by atoms with van der Waals surface area (Å²) in [5.41, 5.74) is -0.433. The van der Waals surface area contributed by atoms with E-state index in [2.05, 4.69) is 12.2 Å². The van der Waals surface area contributed by atoms with Crippen molar-refractivity contribution in [2.75, 3.05) is 18.1 Å². The van der Waals surface area contributed by atoms with E-state index >= 15 is 0 Å². The van der Waals surface area contributed by atoms with Gasteiger partial charge in [-0.05, 0) is 25.8 Å². The fourth-order valence-corrected chi connectivity index (χ4v) is 3.24. The summed E-state index contributed by atoms with van der Waals surface area (Å²) < 4.78 is 22.8. The number of nitrogens with one attached hydrogen (secondary N) is 1. The zero-order valence-corrected chi connectivity index (χ0v) is 11.6. The van der Waals surface area contributed by atoms with Crippen molar-refractivity contribution in [3.8, 4) is 0 Å². The minimum Gasteiger partial charge on any atom is -0.305 e. The number of ketones is 1. The van der Waals surface area contributed by atoms with E-state index in [-0.39, 0.29) is 23.7 Å². The van der Waals surface area contributed by atoms with Crippen LogP contribution in [0.5, 0.6) is 0 Å². The number of carbonyl (C=O) groups excluding carboxylic acids is 1. The summed E-state index contributed by atoms with van der Waals surface area (Å²) in [6, 6.07) is 0. The Morgan fingerprint density at radius 1 is 1.35 bits per heavy atom. The second-order valence-electron chi connectivity index (χ2n) is 4.77. The average Bonchev–Trinajstić information content (AvgIpc) is 2.76. The van der Waals surface area contributed by atoms with Gasteiger partial charge >= 0.3 is 0 Å². The molecule has 0 spiro atoms. The molecular weight excluding hydrogens is 238 g/mol. The van der Waals surface area contributed by atoms with Crippen molar-refractivity contribution in [3.63, 3.8) is 0 Å². The van der Waals surface area contributed by atoms with Gasteiger partial charge in [-0.2, -0.15) is 0 Å². The van der Waals surface area contributed by atoms with Crippen LogP contribution in [0.25, 0.3) is 0 Å². The number of sulfone groups is 1. The SMILES string of the molecule is CCCC1(C(=O)CCS(=O)(=O)CC)CCCN1. The van der Waals surface area contributed by atoms with Gasteiger partial charge in [-0.25, -0.2) is 8.42 Å². The first kappa shape index (κ1) is 14.6. The molecule has 0 aromatic heterocycles. The summed E-state index contributed by atoms with van der Waals surface area (Å²) in [7, 11) is -3.03. The minimum absolute atomic E-state index is 0.00449. The van der Waals surface area contributed by atoms with Gasteiger partial charge in [0.25, 0.3) is 0 Å². The van der Waals surface area contributed by atoms with Gasteiger partial charge < -0.3 is 5.32 Å². The molecule has 5 heteroatoms. The van der Waals surface area contributed by atoms with Crippen LogP contribution in [0.4, 0.5) is 0 Å². The molecule has 1 aliphatic rings. The van der Waals surface area contributed by atoms with Crippen molar-refractivity contribution in [2.24, 2.45) is 0 Å². The van der Waals surface area contributed by atoms with Crippen molar-refractivity contribution in [1.29, 1.82) is 0 Å². The smallest absolute Gasteiger partial charge is 0.153 e. The van der Waals surface area contributed by atoms with Crippen LogP contribution in [0.3, 0.4) is 0 Å². The molecule has 1 heterocycles. The van der Waals surface area contributed by atoms with Crippen LogP contribution in [0.15, 0.2) is 0 Å². The average molecular weight is 261 g/mol. The third-order valence-electron chi connectivity index (χ3n) is 3.53. The van der Waals surface area contributed by atoms with E-state index in [1.54, 1.807) is 6.92 Å². The molecule has 17 heavy (non-hydrogen) atoms. The van der Waals surface area contributed by atoms with Crippen molar-refractivity contribution in [1.82, 2.24) is 5.32 Å². The second-order valence-corrected chi connectivity index (χ2v) is 7.24. The topological polar surface area (TPSA) is 63.2 Å². The van der Waals surface area contributed by atoms with Crippen LogP contribution in [0.2, 0.25) is 0 Å². The molecule has 0 aliphatic carbocycles. The lowest BCUT2D eigenvalue weighted by molar-refractivity contribution is -0.124. The number of hydrogen-bond donors (Lipinski definition) is 1. The second kappa shape index (κ2) is 5.96. The first-order chi connectivity index (χ1) is 7.96. The van der Waals surface area contributed by atoms with Crippen molar-refractivity contribution in [3.05, 3.63) is 0 Å². The van der Waals surface area contributed by atoms with Gasteiger partial charge in [0.2, 0.25) is 0 Å². The Kier molecular flexibility index (Phi) is 5.13. The summed E-state index contributed by atoms with van der Waals surface area (Å²) in [5.74, 6) is 0.193. The Balaban J connectivity index is 2.61. The van der Waals surface area contributed by atoms with Gasteiger partial charge in [0.1, 0.15) is 9.84 Å². The van der Waals surface area contributed by atoms with Crippen LogP contribution in [-0.4, -0.2) is 37.8 Å². The van der Waals surface area contributed by atoms with Crippen molar-refractivity contribution in [2.45, 2.75) is 51.5 Å². The van der Waals surface area contributed by atoms with E-state index in [0.29, 0.717) is 0 Å². The lowest BCUT2D eigenvalue weighted by atomic mass is 9.86. The van der Waals surface area contributed by atoms with Gasteiger partial charge in [-0.3, -0.25) is 4.79 Å². The molecule has 0 radical (unpaired) electrons. The Bertz CT molecular complexity index is 356. The number of hydrogen-bond acceptors (Lipinski definition) is 4. The molecule has 1 unspecified atom stereocenters. The van der Waals surface area contributed by atoms with Gasteiger partial charge in [0.05, 0.1) is 11.3 Å². The summed E-state index contributed by atoms with van der Waals surface area (Å²) in [5, 5.41) is 3.28. The molecule has 1 rings (SSSR count). The molecule has 1 atom stereocenters. The molecule has 1 saturated heterocycles. The molecule has 0 saturated carbocycles. The predicted octanol–water partition coefficient (Wildman–Crippen LogP) is 1.30. The first-order valence-electron chi connectivity index (χ1n) is 6.44. The Hall–Kier alpha value is -0.420. The number of carbonyl (C=O) groups is 1. The zero-order chi connectivity index (χ0) is 12.9. The highest BCUT2D eigenvalue weighted by Crippen LogP contribution is 2.27. The van der Waals surface area contributed by atoms with E-state index in [0.717, 1.165) is 32.2 Å². The van der Waals surface area contributed by atoms with E-state index in [4.69, 9.17) is 0 Å². The van der Waals surface area contributed by atoms with E-state index in [9.17, 15) is 13.2 Å². The summed E-state index contributed by atoms with van der Waals surface area (Å²) in [6.07, 6.45) is 3.78. The maximum atomic E-state index is 12.2. The minimum atomic E-state index is -3.03. The molecule has 1 N–H and O–H groups in total. The van der Waals surface area contributed by atoms with Crippen molar-refractivity contribution >= 4 is 15.6 Å². The molecule has 0 bridgehead atoms. The molecular formula is C12H23NO3S. The molecule has 100 valence electrons. The fraction of sp³-hybridized carbons (Fsp3) is 0.917. The van der Waals surface area contributed by atoms with Gasteiger partial charge in [-0.15, -0.1) is 0 Å². The Morgan fingerprint density at radius 3 is 2.53 bits per heavy atom. The van der Waals surface area contributed by atoms with Gasteiger partial charge in [-0.1, -0.05) is 20.3 Å². The van der Waals surface area contributed by atoms with E-state index in [1.165, 1.54) is 0 Å². The zero-order valence-electron chi connectivity index (χ0n) is 10.8. The van der Waals surface area contributed by atoms with E-state index in [1.807, 2.05) is 0 Å². The summed E-state index contributed by atoms with van der Waals surface area (Å²) in [6.45, 7) is 4.54. The summed E-state index contributed by atoms with van der Waals surface area (Å²) in [4.78, 5) is 12.2. The highest BCUT2D eigenvalue weighted by molar-refractivity contribution is 7.91.